The number of pyridine rings is 1. The van der Waals surface area contributed by atoms with Gasteiger partial charge in [-0.05, 0) is 30.8 Å². The van der Waals surface area contributed by atoms with Crippen LogP contribution in [-0.2, 0) is 10.9 Å². The second kappa shape index (κ2) is 6.39. The first-order valence-corrected chi connectivity index (χ1v) is 7.25. The summed E-state index contributed by atoms with van der Waals surface area (Å²) in [5.74, 6) is -0.581. The molecular weight excluding hydrogens is 327 g/mol. The summed E-state index contributed by atoms with van der Waals surface area (Å²) < 4.78 is 42.3. The van der Waals surface area contributed by atoms with Crippen LogP contribution in [0.3, 0.4) is 0 Å². The van der Waals surface area contributed by atoms with E-state index in [9.17, 15) is 18.0 Å². The number of ether oxygens (including phenoxy) is 1. The van der Waals surface area contributed by atoms with E-state index in [0.717, 1.165) is 35.4 Å². The van der Waals surface area contributed by atoms with E-state index >= 15 is 0 Å². The Hall–Kier alpha value is -1.68. The van der Waals surface area contributed by atoms with Crippen molar-refractivity contribution in [2.24, 2.45) is 0 Å². The van der Waals surface area contributed by atoms with Crippen molar-refractivity contribution < 1.29 is 22.7 Å². The summed E-state index contributed by atoms with van der Waals surface area (Å²) in [6.45, 7) is 1.89. The number of aromatic nitrogens is 3. The Morgan fingerprint density at radius 3 is 2.71 bits per heavy atom. The third-order valence-electron chi connectivity index (χ3n) is 2.11. The quantitative estimate of drug-likeness (QED) is 0.799. The van der Waals surface area contributed by atoms with Gasteiger partial charge < -0.3 is 4.74 Å². The van der Waals surface area contributed by atoms with Gasteiger partial charge in [0.2, 0.25) is 5.01 Å². The van der Waals surface area contributed by atoms with Crippen LogP contribution in [0.15, 0.2) is 27.7 Å². The fraction of sp³-hybridized carbons (Fsp3) is 0.273. The number of carbonyl (C=O) groups excluding carboxylic acids is 1. The fourth-order valence-corrected chi connectivity index (χ4v) is 2.86. The summed E-state index contributed by atoms with van der Waals surface area (Å²) in [5.41, 5.74) is -0.823. The molecule has 0 aliphatic carbocycles. The summed E-state index contributed by atoms with van der Waals surface area (Å²) in [6, 6.07) is 2.17. The maximum Gasteiger partial charge on any atom is 0.417 e. The van der Waals surface area contributed by atoms with Crippen LogP contribution in [0.4, 0.5) is 13.2 Å². The summed E-state index contributed by atoms with van der Waals surface area (Å²) in [5, 5.41) is 7.82. The largest absolute Gasteiger partial charge is 0.461 e. The molecule has 0 aromatic carbocycles. The van der Waals surface area contributed by atoms with Crippen molar-refractivity contribution in [2.75, 3.05) is 6.61 Å². The first kappa shape index (κ1) is 15.7. The molecular formula is C11H8F3N3O2S2. The number of hydrogen-bond acceptors (Lipinski definition) is 7. The first-order chi connectivity index (χ1) is 9.90. The minimum atomic E-state index is -4.42. The van der Waals surface area contributed by atoms with Crippen LogP contribution in [0.1, 0.15) is 22.3 Å². The van der Waals surface area contributed by atoms with Crippen LogP contribution in [-0.4, -0.2) is 27.8 Å². The van der Waals surface area contributed by atoms with E-state index in [0.29, 0.717) is 9.37 Å². The van der Waals surface area contributed by atoms with E-state index < -0.39 is 17.7 Å². The summed E-state index contributed by atoms with van der Waals surface area (Å²) in [6.07, 6.45) is -3.67. The van der Waals surface area contributed by atoms with Crippen molar-refractivity contribution in [2.45, 2.75) is 22.5 Å². The van der Waals surface area contributed by atoms with Crippen LogP contribution in [0, 0.1) is 0 Å². The average molecular weight is 335 g/mol. The zero-order chi connectivity index (χ0) is 15.5. The van der Waals surface area contributed by atoms with Gasteiger partial charge in [-0.3, -0.25) is 0 Å². The molecule has 0 radical (unpaired) electrons. The molecule has 0 atom stereocenters. The Labute approximate surface area is 125 Å². The molecule has 0 unspecified atom stereocenters. The highest BCUT2D eigenvalue weighted by molar-refractivity contribution is 8.01. The molecule has 0 amide bonds. The van der Waals surface area contributed by atoms with Crippen LogP contribution < -0.4 is 0 Å². The second-order valence-corrected chi connectivity index (χ2v) is 5.82. The Balaban J connectivity index is 2.07. The highest BCUT2D eigenvalue weighted by Gasteiger charge is 2.30. The van der Waals surface area contributed by atoms with Crippen molar-refractivity contribution >= 4 is 29.1 Å². The Bertz CT molecular complexity index is 628. The predicted molar refractivity (Wildman–Crippen MR) is 69.2 cm³/mol. The molecule has 5 nitrogen and oxygen atoms in total. The van der Waals surface area contributed by atoms with Gasteiger partial charge in [-0.25, -0.2) is 9.78 Å². The molecule has 0 bridgehead atoms. The van der Waals surface area contributed by atoms with Gasteiger partial charge in [0.25, 0.3) is 0 Å². The van der Waals surface area contributed by atoms with Gasteiger partial charge in [0, 0.05) is 6.20 Å². The summed E-state index contributed by atoms with van der Waals surface area (Å²) in [4.78, 5) is 15.1. The lowest BCUT2D eigenvalue weighted by Crippen LogP contribution is -2.04. The number of hydrogen-bond donors (Lipinski definition) is 0. The molecule has 0 N–H and O–H groups in total. The number of halogens is 3. The average Bonchev–Trinajstić information content (AvgIpc) is 2.87. The maximum absolute atomic E-state index is 12.4. The highest BCUT2D eigenvalue weighted by Crippen LogP contribution is 2.32. The highest BCUT2D eigenvalue weighted by atomic mass is 32.2. The van der Waals surface area contributed by atoms with E-state index in [2.05, 4.69) is 15.2 Å². The van der Waals surface area contributed by atoms with Crippen molar-refractivity contribution in [1.82, 2.24) is 15.2 Å². The van der Waals surface area contributed by atoms with Gasteiger partial charge >= 0.3 is 12.1 Å². The molecule has 0 spiro atoms. The molecule has 0 aliphatic heterocycles. The smallest absolute Gasteiger partial charge is 0.417 e. The number of esters is 1. The van der Waals surface area contributed by atoms with Gasteiger partial charge in [-0.15, -0.1) is 10.2 Å². The number of alkyl halides is 3. The molecule has 2 rings (SSSR count). The Morgan fingerprint density at radius 1 is 1.38 bits per heavy atom. The van der Waals surface area contributed by atoms with Gasteiger partial charge in [0.1, 0.15) is 5.03 Å². The lowest BCUT2D eigenvalue weighted by molar-refractivity contribution is -0.137. The third-order valence-corrected chi connectivity index (χ3v) is 4.02. The lowest BCUT2D eigenvalue weighted by Gasteiger charge is -2.05. The molecule has 21 heavy (non-hydrogen) atoms. The van der Waals surface area contributed by atoms with Gasteiger partial charge in [-0.1, -0.05) is 11.3 Å². The number of nitrogens with zero attached hydrogens (tertiary/aromatic N) is 3. The van der Waals surface area contributed by atoms with Crippen molar-refractivity contribution in [3.63, 3.8) is 0 Å². The van der Waals surface area contributed by atoms with Gasteiger partial charge in [0.05, 0.1) is 12.2 Å². The Kier molecular flexibility index (Phi) is 4.78. The molecule has 112 valence electrons. The maximum atomic E-state index is 12.4. The minimum absolute atomic E-state index is 0.0891. The van der Waals surface area contributed by atoms with E-state index in [1.165, 1.54) is 6.07 Å². The Morgan fingerprint density at radius 2 is 2.14 bits per heavy atom. The second-order valence-electron chi connectivity index (χ2n) is 3.58. The van der Waals surface area contributed by atoms with Crippen molar-refractivity contribution in [1.29, 1.82) is 0 Å². The van der Waals surface area contributed by atoms with E-state index in [4.69, 9.17) is 4.74 Å². The van der Waals surface area contributed by atoms with Crippen molar-refractivity contribution in [3.8, 4) is 0 Å². The molecule has 2 aromatic heterocycles. The summed E-state index contributed by atoms with van der Waals surface area (Å²) in [7, 11) is 0. The first-order valence-electron chi connectivity index (χ1n) is 5.62. The molecule has 0 saturated heterocycles. The number of rotatable bonds is 4. The van der Waals surface area contributed by atoms with Gasteiger partial charge in [0.15, 0.2) is 4.34 Å². The SMILES string of the molecule is CCOC(=O)c1nnc(Sc2ccc(C(F)(F)F)cn2)s1. The molecule has 2 heterocycles. The van der Waals surface area contributed by atoms with Crippen LogP contribution in [0.5, 0.6) is 0 Å². The molecule has 0 aliphatic rings. The zero-order valence-corrected chi connectivity index (χ0v) is 12.2. The van der Waals surface area contributed by atoms with E-state index in [1.54, 1.807) is 6.92 Å². The van der Waals surface area contributed by atoms with Crippen LogP contribution in [0.25, 0.3) is 0 Å². The third kappa shape index (κ3) is 4.14. The lowest BCUT2D eigenvalue weighted by atomic mass is 10.3. The topological polar surface area (TPSA) is 65.0 Å². The van der Waals surface area contributed by atoms with E-state index in [-0.39, 0.29) is 11.6 Å². The molecule has 0 fully saturated rings. The minimum Gasteiger partial charge on any atom is -0.461 e. The summed E-state index contributed by atoms with van der Waals surface area (Å²) >= 11 is 2.01. The van der Waals surface area contributed by atoms with Crippen LogP contribution >= 0.6 is 23.1 Å². The van der Waals surface area contributed by atoms with Crippen molar-refractivity contribution in [3.05, 3.63) is 28.9 Å². The molecule has 10 heteroatoms. The zero-order valence-electron chi connectivity index (χ0n) is 10.5. The molecule has 0 saturated carbocycles. The normalized spacial score (nSPS) is 11.4. The van der Waals surface area contributed by atoms with Crippen LogP contribution in [0.2, 0.25) is 0 Å². The van der Waals surface area contributed by atoms with E-state index in [1.807, 2.05) is 0 Å². The molecule has 2 aromatic rings. The van der Waals surface area contributed by atoms with Gasteiger partial charge in [-0.2, -0.15) is 13.2 Å². The fourth-order valence-electron chi connectivity index (χ4n) is 1.22. The number of carbonyl (C=O) groups is 1. The standard InChI is InChI=1S/C11H8F3N3O2S2/c1-2-19-9(18)8-16-17-10(21-8)20-7-4-3-6(5-15-7)11(12,13)14/h3-5H,2H2,1H3. The monoisotopic (exact) mass is 335 g/mol. The predicted octanol–water partition coefficient (Wildman–Crippen LogP) is 3.28.